The molecule has 2 aromatic heterocycles. The van der Waals surface area contributed by atoms with Gasteiger partial charge in [-0.25, -0.2) is 9.78 Å². The predicted molar refractivity (Wildman–Crippen MR) is 130 cm³/mol. The molecule has 0 bridgehead atoms. The molecule has 0 aromatic carbocycles. The van der Waals surface area contributed by atoms with Gasteiger partial charge in [0, 0.05) is 10.6 Å². The first kappa shape index (κ1) is 23.9. The molecule has 0 saturated heterocycles. The molecule has 9 heteroatoms. The predicted octanol–water partition coefficient (Wildman–Crippen LogP) is 4.70. The van der Waals surface area contributed by atoms with Gasteiger partial charge >= 0.3 is 5.97 Å². The molecule has 2 N–H and O–H groups in total. The summed E-state index contributed by atoms with van der Waals surface area (Å²) in [5.74, 6) is -0.703. The van der Waals surface area contributed by atoms with Crippen LogP contribution in [0.2, 0.25) is 0 Å². The Morgan fingerprint density at radius 1 is 1.32 bits per heavy atom. The number of hydrogen-bond donors (Lipinski definition) is 1. The first-order chi connectivity index (χ1) is 16.6. The number of nitriles is 2. The van der Waals surface area contributed by atoms with Gasteiger partial charge in [0.05, 0.1) is 29.4 Å². The van der Waals surface area contributed by atoms with Crippen molar-refractivity contribution in [1.82, 2.24) is 4.98 Å². The fraction of sp³-hybridized carbons (Fsp3) is 0.360. The number of nitrogens with zero attached hydrogens (tertiary/aromatic N) is 3. The van der Waals surface area contributed by atoms with Crippen molar-refractivity contribution in [3.05, 3.63) is 68.1 Å². The maximum atomic E-state index is 13.0. The lowest BCUT2D eigenvalue weighted by Crippen LogP contribution is -2.26. The number of ether oxygens (including phenoxy) is 2. The monoisotopic (exact) mass is 492 g/mol. The number of thiophene rings is 1. The van der Waals surface area contributed by atoms with Gasteiger partial charge in [0.2, 0.25) is 5.88 Å². The summed E-state index contributed by atoms with van der Waals surface area (Å²) in [6.07, 6.45) is 5.17. The lowest BCUT2D eigenvalue weighted by atomic mass is 9.87. The number of thioether (sulfide) groups is 1. The first-order valence-corrected chi connectivity index (χ1v) is 13.0. The Balaban J connectivity index is 1.72. The third-order valence-electron chi connectivity index (χ3n) is 5.80. The average Bonchev–Trinajstić information content (AvgIpc) is 3.27. The van der Waals surface area contributed by atoms with Gasteiger partial charge in [0.25, 0.3) is 0 Å². The summed E-state index contributed by atoms with van der Waals surface area (Å²) in [7, 11) is 0. The standard InChI is InChI=1S/C25H24N4O3S2/c1-2-31-25(30)22-19(32-23(28)17(13-27)21(22)20-9-6-10-33-20)14-34-24-16(12-26)11-15-7-4-3-5-8-18(15)29-24/h6,9-11,21H,2-5,7-8,14,28H2,1H3. The van der Waals surface area contributed by atoms with E-state index < -0.39 is 11.9 Å². The van der Waals surface area contributed by atoms with Crippen molar-refractivity contribution in [3.8, 4) is 12.1 Å². The van der Waals surface area contributed by atoms with Gasteiger partial charge in [0.15, 0.2) is 0 Å². The summed E-state index contributed by atoms with van der Waals surface area (Å²) in [6, 6.07) is 10.0. The number of fused-ring (bicyclic) bond motifs is 1. The molecule has 1 unspecified atom stereocenters. The fourth-order valence-corrected chi connectivity index (χ4v) is 5.97. The van der Waals surface area contributed by atoms with Crippen LogP contribution in [-0.4, -0.2) is 23.3 Å². The first-order valence-electron chi connectivity index (χ1n) is 11.1. The molecule has 0 saturated carbocycles. The Morgan fingerprint density at radius 2 is 2.15 bits per heavy atom. The molecule has 0 radical (unpaired) electrons. The minimum absolute atomic E-state index is 0.0278. The smallest absolute Gasteiger partial charge is 0.338 e. The van der Waals surface area contributed by atoms with E-state index in [0.29, 0.717) is 16.3 Å². The summed E-state index contributed by atoms with van der Waals surface area (Å²) < 4.78 is 11.1. The second-order valence-corrected chi connectivity index (χ2v) is 9.85. The number of carbonyl (C=O) groups excluding carboxylic acids is 1. The van der Waals surface area contributed by atoms with E-state index in [-0.39, 0.29) is 29.4 Å². The Labute approximate surface area is 206 Å². The van der Waals surface area contributed by atoms with Crippen LogP contribution in [0, 0.1) is 22.7 Å². The van der Waals surface area contributed by atoms with Crippen LogP contribution in [0.25, 0.3) is 0 Å². The highest BCUT2D eigenvalue weighted by molar-refractivity contribution is 7.99. The van der Waals surface area contributed by atoms with Crippen LogP contribution in [-0.2, 0) is 27.1 Å². The number of aryl methyl sites for hydroxylation is 2. The van der Waals surface area contributed by atoms with Gasteiger partial charge in [0.1, 0.15) is 28.5 Å². The number of pyridine rings is 1. The van der Waals surface area contributed by atoms with Gasteiger partial charge in [-0.05, 0) is 55.7 Å². The minimum Gasteiger partial charge on any atom is -0.463 e. The SMILES string of the molecule is CCOC(=O)C1=C(CSc2nc3c(cc2C#N)CCCCC3)OC(N)=C(C#N)C1c1cccs1. The molecule has 4 rings (SSSR count). The topological polar surface area (TPSA) is 122 Å². The third-order valence-corrected chi connectivity index (χ3v) is 7.72. The van der Waals surface area contributed by atoms with Crippen molar-refractivity contribution >= 4 is 29.1 Å². The van der Waals surface area contributed by atoms with Crippen LogP contribution in [0.1, 0.15) is 53.8 Å². The molecule has 7 nitrogen and oxygen atoms in total. The number of carbonyl (C=O) groups is 1. The average molecular weight is 493 g/mol. The Kier molecular flexibility index (Phi) is 7.56. The van der Waals surface area contributed by atoms with Crippen LogP contribution >= 0.6 is 23.1 Å². The summed E-state index contributed by atoms with van der Waals surface area (Å²) >= 11 is 2.75. The van der Waals surface area contributed by atoms with E-state index in [9.17, 15) is 15.3 Å². The van der Waals surface area contributed by atoms with Gasteiger partial charge in [-0.2, -0.15) is 10.5 Å². The van der Waals surface area contributed by atoms with Crippen molar-refractivity contribution in [2.24, 2.45) is 5.73 Å². The van der Waals surface area contributed by atoms with E-state index in [1.54, 1.807) is 6.92 Å². The Morgan fingerprint density at radius 3 is 2.85 bits per heavy atom. The summed E-state index contributed by atoms with van der Waals surface area (Å²) in [5, 5.41) is 22.0. The fourth-order valence-electron chi connectivity index (χ4n) is 4.21. The molecular weight excluding hydrogens is 468 g/mol. The molecule has 0 amide bonds. The van der Waals surface area contributed by atoms with E-state index in [2.05, 4.69) is 12.1 Å². The number of allylic oxidation sites excluding steroid dienone is 1. The number of esters is 1. The molecule has 0 fully saturated rings. The van der Waals surface area contributed by atoms with E-state index in [0.717, 1.165) is 48.2 Å². The maximum absolute atomic E-state index is 13.0. The Hall–Kier alpha value is -3.27. The highest BCUT2D eigenvalue weighted by Crippen LogP contribution is 2.42. The summed E-state index contributed by atoms with van der Waals surface area (Å²) in [6.45, 7) is 1.91. The van der Waals surface area contributed by atoms with Crippen LogP contribution in [0.3, 0.4) is 0 Å². The summed E-state index contributed by atoms with van der Waals surface area (Å²) in [4.78, 5) is 18.6. The molecule has 1 aliphatic heterocycles. The van der Waals surface area contributed by atoms with Crippen LogP contribution in [0.15, 0.2) is 51.4 Å². The summed E-state index contributed by atoms with van der Waals surface area (Å²) in [5.41, 5.74) is 9.25. The van der Waals surface area contributed by atoms with E-state index in [1.807, 2.05) is 23.6 Å². The molecule has 34 heavy (non-hydrogen) atoms. The molecular formula is C25H24N4O3S2. The van der Waals surface area contributed by atoms with Gasteiger partial charge in [-0.1, -0.05) is 24.2 Å². The molecule has 2 aliphatic rings. The molecule has 3 heterocycles. The van der Waals surface area contributed by atoms with Crippen molar-refractivity contribution in [2.75, 3.05) is 12.4 Å². The lowest BCUT2D eigenvalue weighted by molar-refractivity contribution is -0.139. The van der Waals surface area contributed by atoms with Gasteiger partial charge in [-0.15, -0.1) is 11.3 Å². The number of nitrogens with two attached hydrogens (primary N) is 1. The van der Waals surface area contributed by atoms with Gasteiger partial charge < -0.3 is 15.2 Å². The zero-order valence-corrected chi connectivity index (χ0v) is 20.4. The molecule has 1 aliphatic carbocycles. The van der Waals surface area contributed by atoms with Crippen LogP contribution < -0.4 is 5.73 Å². The molecule has 2 aromatic rings. The number of aromatic nitrogens is 1. The molecule has 174 valence electrons. The van der Waals surface area contributed by atoms with Crippen LogP contribution in [0.4, 0.5) is 0 Å². The maximum Gasteiger partial charge on any atom is 0.338 e. The largest absolute Gasteiger partial charge is 0.463 e. The highest BCUT2D eigenvalue weighted by atomic mass is 32.2. The number of hydrogen-bond acceptors (Lipinski definition) is 9. The third kappa shape index (κ3) is 4.82. The lowest BCUT2D eigenvalue weighted by Gasteiger charge is -2.27. The van der Waals surface area contributed by atoms with E-state index >= 15 is 0 Å². The van der Waals surface area contributed by atoms with Gasteiger partial charge in [-0.3, -0.25) is 0 Å². The number of rotatable bonds is 6. The van der Waals surface area contributed by atoms with Crippen molar-refractivity contribution in [1.29, 1.82) is 10.5 Å². The zero-order valence-electron chi connectivity index (χ0n) is 18.8. The molecule has 1 atom stereocenters. The second kappa shape index (κ2) is 10.8. The van der Waals surface area contributed by atoms with Crippen molar-refractivity contribution in [2.45, 2.75) is 50.0 Å². The molecule has 0 spiro atoms. The van der Waals surface area contributed by atoms with E-state index in [4.69, 9.17) is 20.2 Å². The zero-order chi connectivity index (χ0) is 24.1. The minimum atomic E-state index is -0.663. The second-order valence-electron chi connectivity index (χ2n) is 7.91. The van der Waals surface area contributed by atoms with E-state index in [1.165, 1.54) is 23.1 Å². The van der Waals surface area contributed by atoms with Crippen molar-refractivity contribution in [3.63, 3.8) is 0 Å². The normalized spacial score (nSPS) is 17.8. The Bertz CT molecular complexity index is 1240. The highest BCUT2D eigenvalue weighted by Gasteiger charge is 2.38. The quantitative estimate of drug-likeness (QED) is 0.350. The van der Waals surface area contributed by atoms with Crippen LogP contribution in [0.5, 0.6) is 0 Å². The van der Waals surface area contributed by atoms with Crippen molar-refractivity contribution < 1.29 is 14.3 Å².